The van der Waals surface area contributed by atoms with Gasteiger partial charge in [0, 0.05) is 19.7 Å². The summed E-state index contributed by atoms with van der Waals surface area (Å²) in [6.45, 7) is 12.3. The van der Waals surface area contributed by atoms with Crippen molar-refractivity contribution in [3.63, 3.8) is 0 Å². The number of rotatable bonds is 7. The summed E-state index contributed by atoms with van der Waals surface area (Å²) in [6.07, 6.45) is 0. The van der Waals surface area contributed by atoms with Crippen LogP contribution in [0, 0.1) is 0 Å². The first-order chi connectivity index (χ1) is 8.79. The smallest absolute Gasteiger partial charge is 0.189 e. The van der Waals surface area contributed by atoms with Gasteiger partial charge in [-0.1, -0.05) is 51.2 Å². The van der Waals surface area contributed by atoms with Gasteiger partial charge < -0.3 is 9.47 Å². The molecule has 0 radical (unpaired) electrons. The van der Waals surface area contributed by atoms with Crippen molar-refractivity contribution in [2.75, 3.05) is 13.4 Å². The summed E-state index contributed by atoms with van der Waals surface area (Å²) in [7, 11) is -1.02. The summed E-state index contributed by atoms with van der Waals surface area (Å²) in [4.78, 5) is 0. The van der Waals surface area contributed by atoms with Crippen molar-refractivity contribution in [2.24, 2.45) is 0 Å². The SMILES string of the molecule is CC(C)c1ccc(OCOCC[Si](C)(C)C)cc1Cl. The Bertz CT molecular complexity index is 400. The minimum Gasteiger partial charge on any atom is -0.468 e. The second-order valence-corrected chi connectivity index (χ2v) is 12.3. The minimum absolute atomic E-state index is 0.293. The number of benzene rings is 1. The van der Waals surface area contributed by atoms with E-state index < -0.39 is 8.07 Å². The highest BCUT2D eigenvalue weighted by Crippen LogP contribution is 2.28. The molecule has 0 fully saturated rings. The van der Waals surface area contributed by atoms with Crippen LogP contribution in [0.4, 0.5) is 0 Å². The molecule has 0 heterocycles. The van der Waals surface area contributed by atoms with Gasteiger partial charge >= 0.3 is 0 Å². The van der Waals surface area contributed by atoms with Gasteiger partial charge in [0.15, 0.2) is 6.79 Å². The van der Waals surface area contributed by atoms with Crippen molar-refractivity contribution >= 4 is 19.7 Å². The van der Waals surface area contributed by atoms with Gasteiger partial charge in [-0.3, -0.25) is 0 Å². The third-order valence-corrected chi connectivity index (χ3v) is 4.93. The van der Waals surface area contributed by atoms with Gasteiger partial charge in [0.25, 0.3) is 0 Å². The molecule has 4 heteroatoms. The molecular weight excluding hydrogens is 276 g/mol. The van der Waals surface area contributed by atoms with Crippen LogP contribution in [0.2, 0.25) is 30.7 Å². The lowest BCUT2D eigenvalue weighted by molar-refractivity contribution is 0.0220. The summed E-state index contributed by atoms with van der Waals surface area (Å²) in [5.74, 6) is 1.19. The summed E-state index contributed by atoms with van der Waals surface area (Å²) >= 11 is 6.21. The molecule has 0 aliphatic rings. The maximum atomic E-state index is 6.21. The Morgan fingerprint density at radius 1 is 1.21 bits per heavy atom. The zero-order valence-corrected chi connectivity index (χ0v) is 14.4. The third kappa shape index (κ3) is 6.46. The van der Waals surface area contributed by atoms with Crippen molar-refractivity contribution in [1.29, 1.82) is 0 Å². The van der Waals surface area contributed by atoms with E-state index in [2.05, 4.69) is 33.5 Å². The molecule has 0 saturated heterocycles. The van der Waals surface area contributed by atoms with Crippen LogP contribution in [0.1, 0.15) is 25.3 Å². The normalized spacial score (nSPS) is 11.9. The van der Waals surface area contributed by atoms with Crippen LogP contribution in [0.25, 0.3) is 0 Å². The lowest BCUT2D eigenvalue weighted by Crippen LogP contribution is -2.22. The number of hydrogen-bond donors (Lipinski definition) is 0. The largest absolute Gasteiger partial charge is 0.468 e. The van der Waals surface area contributed by atoms with E-state index >= 15 is 0 Å². The molecule has 108 valence electrons. The van der Waals surface area contributed by atoms with Gasteiger partial charge in [-0.15, -0.1) is 0 Å². The van der Waals surface area contributed by atoms with Crippen LogP contribution in [-0.2, 0) is 4.74 Å². The fourth-order valence-corrected chi connectivity index (χ4v) is 2.76. The maximum Gasteiger partial charge on any atom is 0.189 e. The first-order valence-electron chi connectivity index (χ1n) is 6.79. The van der Waals surface area contributed by atoms with Crippen LogP contribution in [0.5, 0.6) is 5.75 Å². The highest BCUT2D eigenvalue weighted by Gasteiger charge is 2.12. The molecule has 19 heavy (non-hydrogen) atoms. The Labute approximate surface area is 123 Å². The van der Waals surface area contributed by atoms with E-state index in [9.17, 15) is 0 Å². The number of ether oxygens (including phenoxy) is 2. The molecule has 2 nitrogen and oxygen atoms in total. The molecule has 1 aromatic carbocycles. The zero-order valence-electron chi connectivity index (χ0n) is 12.6. The van der Waals surface area contributed by atoms with E-state index in [1.165, 1.54) is 0 Å². The summed E-state index contributed by atoms with van der Waals surface area (Å²) < 4.78 is 11.0. The molecule has 1 aromatic rings. The van der Waals surface area contributed by atoms with Gasteiger partial charge in [-0.2, -0.15) is 0 Å². The molecule has 0 spiro atoms. The van der Waals surface area contributed by atoms with Crippen molar-refractivity contribution in [3.8, 4) is 5.75 Å². The van der Waals surface area contributed by atoms with Crippen molar-refractivity contribution in [3.05, 3.63) is 28.8 Å². The van der Waals surface area contributed by atoms with E-state index in [-0.39, 0.29) is 0 Å². The van der Waals surface area contributed by atoms with Crippen LogP contribution in [-0.4, -0.2) is 21.5 Å². The van der Waals surface area contributed by atoms with E-state index in [4.69, 9.17) is 21.1 Å². The van der Waals surface area contributed by atoms with Crippen molar-refractivity contribution in [1.82, 2.24) is 0 Å². The van der Waals surface area contributed by atoms with Crippen LogP contribution >= 0.6 is 11.6 Å². The number of halogens is 1. The molecule has 0 unspecified atom stereocenters. The predicted molar refractivity (Wildman–Crippen MR) is 85.1 cm³/mol. The fraction of sp³-hybridized carbons (Fsp3) is 0.600. The molecule has 0 N–H and O–H groups in total. The van der Waals surface area contributed by atoms with Gasteiger partial charge in [0.05, 0.1) is 0 Å². The summed E-state index contributed by atoms with van der Waals surface area (Å²) in [5.41, 5.74) is 1.15. The Balaban J connectivity index is 2.36. The average molecular weight is 301 g/mol. The molecule has 1 rings (SSSR count). The monoisotopic (exact) mass is 300 g/mol. The van der Waals surface area contributed by atoms with E-state index in [1.807, 2.05) is 18.2 Å². The Kier molecular flexibility index (Phi) is 6.37. The predicted octanol–water partition coefficient (Wildman–Crippen LogP) is 5.15. The van der Waals surface area contributed by atoms with Crippen LogP contribution < -0.4 is 4.74 Å². The Morgan fingerprint density at radius 2 is 1.89 bits per heavy atom. The molecule has 0 aliphatic heterocycles. The number of hydrogen-bond acceptors (Lipinski definition) is 2. The Morgan fingerprint density at radius 3 is 2.42 bits per heavy atom. The van der Waals surface area contributed by atoms with Crippen LogP contribution in [0.3, 0.4) is 0 Å². The Hall–Kier alpha value is -0.513. The molecule has 0 aliphatic carbocycles. The van der Waals surface area contributed by atoms with Crippen LogP contribution in [0.15, 0.2) is 18.2 Å². The highest BCUT2D eigenvalue weighted by atomic mass is 35.5. The second kappa shape index (κ2) is 7.32. The molecule has 0 amide bonds. The molecular formula is C15H25ClO2Si. The maximum absolute atomic E-state index is 6.21. The van der Waals surface area contributed by atoms with E-state index in [1.54, 1.807) is 0 Å². The lowest BCUT2D eigenvalue weighted by Gasteiger charge is -2.16. The highest BCUT2D eigenvalue weighted by molar-refractivity contribution is 6.76. The average Bonchev–Trinajstić information content (AvgIpc) is 2.26. The molecule has 0 saturated carbocycles. The van der Waals surface area contributed by atoms with Gasteiger partial charge in [-0.05, 0) is 29.7 Å². The van der Waals surface area contributed by atoms with Crippen molar-refractivity contribution in [2.45, 2.75) is 45.5 Å². The summed E-state index contributed by atoms with van der Waals surface area (Å²) in [5, 5.41) is 0.759. The zero-order chi connectivity index (χ0) is 14.5. The standard InChI is InChI=1S/C15H25ClO2Si/c1-12(2)14-7-6-13(10-15(14)16)18-11-17-8-9-19(3,4)5/h6-7,10,12H,8-9,11H2,1-5H3. The molecule has 0 aromatic heterocycles. The quantitative estimate of drug-likeness (QED) is 0.394. The minimum atomic E-state index is -1.02. The third-order valence-electron chi connectivity index (χ3n) is 2.90. The summed E-state index contributed by atoms with van der Waals surface area (Å²) in [6, 6.07) is 6.98. The topological polar surface area (TPSA) is 18.5 Å². The molecule has 0 bridgehead atoms. The first kappa shape index (κ1) is 16.5. The lowest BCUT2D eigenvalue weighted by atomic mass is 10.0. The van der Waals surface area contributed by atoms with Crippen molar-refractivity contribution < 1.29 is 9.47 Å². The first-order valence-corrected chi connectivity index (χ1v) is 10.9. The van der Waals surface area contributed by atoms with E-state index in [0.717, 1.165) is 29.0 Å². The van der Waals surface area contributed by atoms with Gasteiger partial charge in [0.1, 0.15) is 5.75 Å². The van der Waals surface area contributed by atoms with E-state index in [0.29, 0.717) is 12.7 Å². The van der Waals surface area contributed by atoms with Gasteiger partial charge in [0.2, 0.25) is 0 Å². The molecule has 0 atom stereocenters. The fourth-order valence-electron chi connectivity index (χ4n) is 1.61. The second-order valence-electron chi connectivity index (χ2n) is 6.32. The van der Waals surface area contributed by atoms with Gasteiger partial charge in [-0.25, -0.2) is 0 Å².